The minimum absolute atomic E-state index is 0.0866. The van der Waals surface area contributed by atoms with Crippen LogP contribution >= 0.6 is 0 Å². The van der Waals surface area contributed by atoms with Gasteiger partial charge >= 0.3 is 0 Å². The third-order valence-electron chi connectivity index (χ3n) is 4.17. The van der Waals surface area contributed by atoms with E-state index in [-0.39, 0.29) is 11.8 Å². The van der Waals surface area contributed by atoms with Crippen molar-refractivity contribution in [2.45, 2.75) is 38.5 Å². The number of hydrogen-bond donors (Lipinski definition) is 0. The summed E-state index contributed by atoms with van der Waals surface area (Å²) in [6.07, 6.45) is 3.58. The second kappa shape index (κ2) is 5.87. The van der Waals surface area contributed by atoms with Gasteiger partial charge in [0, 0.05) is 44.6 Å². The minimum Gasteiger partial charge on any atom is -0.360 e. The summed E-state index contributed by atoms with van der Waals surface area (Å²) in [5, 5.41) is 3.91. The van der Waals surface area contributed by atoms with Crippen LogP contribution in [0.15, 0.2) is 10.6 Å². The molecule has 1 saturated heterocycles. The molecule has 114 valence electrons. The predicted octanol–water partition coefficient (Wildman–Crippen LogP) is 1.64. The van der Waals surface area contributed by atoms with E-state index < -0.39 is 0 Å². The molecular formula is C15H21N3O3. The molecular weight excluding hydrogens is 270 g/mol. The Labute approximate surface area is 124 Å². The monoisotopic (exact) mass is 291 g/mol. The molecule has 6 nitrogen and oxygen atoms in total. The van der Waals surface area contributed by atoms with Crippen molar-refractivity contribution in [2.75, 3.05) is 26.2 Å². The lowest BCUT2D eigenvalue weighted by Crippen LogP contribution is -2.37. The Morgan fingerprint density at radius 1 is 1.24 bits per heavy atom. The highest BCUT2D eigenvalue weighted by Crippen LogP contribution is 2.40. The van der Waals surface area contributed by atoms with Crippen molar-refractivity contribution in [1.82, 2.24) is 15.0 Å². The smallest absolute Gasteiger partial charge is 0.276 e. The predicted molar refractivity (Wildman–Crippen MR) is 75.9 cm³/mol. The van der Waals surface area contributed by atoms with E-state index in [0.717, 1.165) is 31.6 Å². The first-order valence-electron chi connectivity index (χ1n) is 7.72. The van der Waals surface area contributed by atoms with Crippen molar-refractivity contribution >= 4 is 11.8 Å². The summed E-state index contributed by atoms with van der Waals surface area (Å²) in [5.74, 6) is 1.36. The summed E-state index contributed by atoms with van der Waals surface area (Å²) in [5.41, 5.74) is 0.396. The van der Waals surface area contributed by atoms with E-state index in [2.05, 4.69) is 5.16 Å². The van der Waals surface area contributed by atoms with Crippen molar-refractivity contribution in [3.63, 3.8) is 0 Å². The Bertz CT molecular complexity index is 536. The van der Waals surface area contributed by atoms with Crippen LogP contribution in [0, 0.1) is 0 Å². The lowest BCUT2D eigenvalue weighted by atomic mass is 10.2. The summed E-state index contributed by atoms with van der Waals surface area (Å²) in [4.78, 5) is 27.8. The van der Waals surface area contributed by atoms with Gasteiger partial charge in [0.15, 0.2) is 5.69 Å². The molecule has 1 aromatic rings. The number of rotatable bonds is 3. The second-order valence-corrected chi connectivity index (χ2v) is 5.77. The highest BCUT2D eigenvalue weighted by molar-refractivity contribution is 5.92. The molecule has 2 heterocycles. The van der Waals surface area contributed by atoms with E-state index >= 15 is 0 Å². The molecule has 2 fully saturated rings. The number of aromatic nitrogens is 1. The van der Waals surface area contributed by atoms with Crippen molar-refractivity contribution in [3.05, 3.63) is 17.5 Å². The second-order valence-electron chi connectivity index (χ2n) is 5.77. The van der Waals surface area contributed by atoms with Crippen LogP contribution in [0.1, 0.15) is 54.8 Å². The summed E-state index contributed by atoms with van der Waals surface area (Å²) in [6.45, 7) is 4.42. The molecule has 0 aromatic carbocycles. The van der Waals surface area contributed by atoms with Gasteiger partial charge in [-0.15, -0.1) is 0 Å². The van der Waals surface area contributed by atoms with Crippen LogP contribution in [0.2, 0.25) is 0 Å². The summed E-state index contributed by atoms with van der Waals surface area (Å²) >= 11 is 0. The highest BCUT2D eigenvalue weighted by Gasteiger charge is 2.30. The van der Waals surface area contributed by atoms with E-state index in [1.807, 2.05) is 11.8 Å². The SMILES string of the molecule is CCC(=O)N1CCCN(C(=O)c2cc(C3CC3)on2)CC1. The molecule has 1 saturated carbocycles. The van der Waals surface area contributed by atoms with Gasteiger partial charge in [0.1, 0.15) is 5.76 Å². The first kappa shape index (κ1) is 14.1. The van der Waals surface area contributed by atoms with Crippen LogP contribution in [-0.4, -0.2) is 52.9 Å². The zero-order valence-corrected chi connectivity index (χ0v) is 12.4. The first-order chi connectivity index (χ1) is 10.2. The zero-order valence-electron chi connectivity index (χ0n) is 12.4. The third kappa shape index (κ3) is 3.09. The van der Waals surface area contributed by atoms with Gasteiger partial charge < -0.3 is 14.3 Å². The number of carbonyl (C=O) groups is 2. The molecule has 2 amide bonds. The van der Waals surface area contributed by atoms with Gasteiger partial charge in [-0.05, 0) is 19.3 Å². The fourth-order valence-electron chi connectivity index (χ4n) is 2.71. The molecule has 0 unspecified atom stereocenters. The van der Waals surface area contributed by atoms with Gasteiger partial charge in [0.25, 0.3) is 5.91 Å². The molecule has 0 atom stereocenters. The molecule has 1 aromatic heterocycles. The fraction of sp³-hybridized carbons (Fsp3) is 0.667. The maximum Gasteiger partial charge on any atom is 0.276 e. The van der Waals surface area contributed by atoms with Crippen LogP contribution < -0.4 is 0 Å². The van der Waals surface area contributed by atoms with Crippen molar-refractivity contribution in [1.29, 1.82) is 0 Å². The zero-order chi connectivity index (χ0) is 14.8. The van der Waals surface area contributed by atoms with Gasteiger partial charge in [0.2, 0.25) is 5.91 Å². The number of amides is 2. The summed E-state index contributed by atoms with van der Waals surface area (Å²) in [6, 6.07) is 1.78. The van der Waals surface area contributed by atoms with Crippen LogP contribution in [0.4, 0.5) is 0 Å². The summed E-state index contributed by atoms with van der Waals surface area (Å²) < 4.78 is 5.25. The summed E-state index contributed by atoms with van der Waals surface area (Å²) in [7, 11) is 0. The van der Waals surface area contributed by atoms with E-state index in [9.17, 15) is 9.59 Å². The fourth-order valence-corrected chi connectivity index (χ4v) is 2.71. The molecule has 1 aliphatic heterocycles. The van der Waals surface area contributed by atoms with Gasteiger partial charge in [-0.2, -0.15) is 0 Å². The topological polar surface area (TPSA) is 66.7 Å². The number of carbonyl (C=O) groups excluding carboxylic acids is 2. The average molecular weight is 291 g/mol. The van der Waals surface area contributed by atoms with Gasteiger partial charge in [0.05, 0.1) is 0 Å². The van der Waals surface area contributed by atoms with Crippen LogP contribution in [0.5, 0.6) is 0 Å². The lowest BCUT2D eigenvalue weighted by molar-refractivity contribution is -0.130. The molecule has 0 spiro atoms. The molecule has 6 heteroatoms. The maximum absolute atomic E-state index is 12.5. The number of nitrogens with zero attached hydrogens (tertiary/aromatic N) is 3. The molecule has 1 aliphatic carbocycles. The van der Waals surface area contributed by atoms with Crippen molar-refractivity contribution < 1.29 is 14.1 Å². The van der Waals surface area contributed by atoms with E-state index in [4.69, 9.17) is 4.52 Å². The number of hydrogen-bond acceptors (Lipinski definition) is 4. The molecule has 0 bridgehead atoms. The molecule has 0 N–H and O–H groups in total. The Kier molecular flexibility index (Phi) is 3.94. The van der Waals surface area contributed by atoms with E-state index in [1.165, 1.54) is 0 Å². The Balaban J connectivity index is 1.62. The van der Waals surface area contributed by atoms with Crippen LogP contribution in [0.3, 0.4) is 0 Å². The maximum atomic E-state index is 12.5. The molecule has 2 aliphatic rings. The highest BCUT2D eigenvalue weighted by atomic mass is 16.5. The third-order valence-corrected chi connectivity index (χ3v) is 4.17. The van der Waals surface area contributed by atoms with Crippen molar-refractivity contribution in [2.24, 2.45) is 0 Å². The molecule has 3 rings (SSSR count). The van der Waals surface area contributed by atoms with Crippen molar-refractivity contribution in [3.8, 4) is 0 Å². The van der Waals surface area contributed by atoms with E-state index in [1.54, 1.807) is 11.0 Å². The van der Waals surface area contributed by atoms with Gasteiger partial charge in [-0.25, -0.2) is 0 Å². The average Bonchev–Trinajstić information content (AvgIpc) is 3.28. The van der Waals surface area contributed by atoms with Crippen LogP contribution in [-0.2, 0) is 4.79 Å². The normalized spacial score (nSPS) is 19.5. The Morgan fingerprint density at radius 3 is 2.67 bits per heavy atom. The standard InChI is InChI=1S/C15H21N3O3/c1-2-14(19)17-6-3-7-18(9-8-17)15(20)12-10-13(21-16-12)11-4-5-11/h10-11H,2-9H2,1H3. The molecule has 0 radical (unpaired) electrons. The molecule has 21 heavy (non-hydrogen) atoms. The van der Waals surface area contributed by atoms with Gasteiger partial charge in [-0.1, -0.05) is 12.1 Å². The van der Waals surface area contributed by atoms with Gasteiger partial charge in [-0.3, -0.25) is 9.59 Å². The largest absolute Gasteiger partial charge is 0.360 e. The Hall–Kier alpha value is -1.85. The van der Waals surface area contributed by atoms with E-state index in [0.29, 0.717) is 37.7 Å². The Morgan fingerprint density at radius 2 is 1.95 bits per heavy atom. The quantitative estimate of drug-likeness (QED) is 0.849. The van der Waals surface area contributed by atoms with Crippen LogP contribution in [0.25, 0.3) is 0 Å². The first-order valence-corrected chi connectivity index (χ1v) is 7.72. The lowest BCUT2D eigenvalue weighted by Gasteiger charge is -2.21. The minimum atomic E-state index is -0.0866.